The van der Waals surface area contributed by atoms with Crippen molar-refractivity contribution in [3.63, 3.8) is 0 Å². The van der Waals surface area contributed by atoms with Crippen LogP contribution in [0.3, 0.4) is 0 Å². The summed E-state index contributed by atoms with van der Waals surface area (Å²) in [6, 6.07) is 0. The fourth-order valence-corrected chi connectivity index (χ4v) is 8.50. The second-order valence-corrected chi connectivity index (χ2v) is 20.4. The van der Waals surface area contributed by atoms with Crippen molar-refractivity contribution in [1.82, 2.24) is 0 Å². The van der Waals surface area contributed by atoms with Crippen LogP contribution in [0.15, 0.2) is 146 Å². The first kappa shape index (κ1) is 71.8. The van der Waals surface area contributed by atoms with E-state index >= 15 is 0 Å². The molecule has 0 aromatic rings. The van der Waals surface area contributed by atoms with E-state index in [0.29, 0.717) is 12.8 Å². The lowest BCUT2D eigenvalue weighted by molar-refractivity contribution is -0.161. The number of hydrogen-bond acceptors (Lipinski definition) is 5. The molecule has 0 aromatic heterocycles. The van der Waals surface area contributed by atoms with Crippen molar-refractivity contribution < 1.29 is 24.2 Å². The first-order valence-corrected chi connectivity index (χ1v) is 31.4. The Kier molecular flexibility index (Phi) is 61.5. The van der Waals surface area contributed by atoms with Gasteiger partial charge in [-0.15, -0.1) is 0 Å². The molecule has 430 valence electrons. The predicted molar refractivity (Wildman–Crippen MR) is 334 cm³/mol. The average Bonchev–Trinajstić information content (AvgIpc) is 3.42. The minimum Gasteiger partial charge on any atom is -0.462 e. The largest absolute Gasteiger partial charge is 0.462 e. The summed E-state index contributed by atoms with van der Waals surface area (Å²) >= 11 is 0. The Hall–Kier alpha value is -4.22. The maximum Gasteiger partial charge on any atom is 0.306 e. The lowest BCUT2D eigenvalue weighted by Gasteiger charge is -2.15. The van der Waals surface area contributed by atoms with E-state index in [4.69, 9.17) is 9.47 Å². The van der Waals surface area contributed by atoms with Crippen LogP contribution in [0.1, 0.15) is 271 Å². The van der Waals surface area contributed by atoms with Crippen LogP contribution < -0.4 is 0 Å². The van der Waals surface area contributed by atoms with Crippen LogP contribution in [0.5, 0.6) is 0 Å². The Morgan fingerprint density at radius 2 is 0.526 bits per heavy atom. The molecule has 5 heteroatoms. The Labute approximate surface area is 469 Å². The van der Waals surface area contributed by atoms with Gasteiger partial charge in [0, 0.05) is 12.8 Å². The highest BCUT2D eigenvalue weighted by Crippen LogP contribution is 2.16. The molecule has 0 amide bonds. The zero-order chi connectivity index (χ0) is 54.8. The molecule has 0 aliphatic carbocycles. The molecular weight excluding hydrogens is 933 g/mol. The highest BCUT2D eigenvalue weighted by molar-refractivity contribution is 5.70. The summed E-state index contributed by atoms with van der Waals surface area (Å²) in [5.74, 6) is -0.597. The van der Waals surface area contributed by atoms with E-state index in [-0.39, 0.29) is 25.2 Å². The van der Waals surface area contributed by atoms with Gasteiger partial charge in [-0.25, -0.2) is 0 Å². The van der Waals surface area contributed by atoms with Crippen molar-refractivity contribution in [2.75, 3.05) is 13.2 Å². The Balaban J connectivity index is 3.54. The molecule has 1 unspecified atom stereocenters. The molecule has 0 rings (SSSR count). The minimum absolute atomic E-state index is 0.0740. The molecule has 76 heavy (non-hydrogen) atoms. The Morgan fingerprint density at radius 3 is 0.789 bits per heavy atom. The maximum absolute atomic E-state index is 12.3. The molecule has 0 spiro atoms. The van der Waals surface area contributed by atoms with Crippen molar-refractivity contribution in [2.24, 2.45) is 0 Å². The lowest BCUT2D eigenvalue weighted by Crippen LogP contribution is -2.28. The van der Waals surface area contributed by atoms with Gasteiger partial charge in [-0.05, 0) is 116 Å². The van der Waals surface area contributed by atoms with Crippen molar-refractivity contribution in [3.8, 4) is 0 Å². The number of carbonyl (C=O) groups excluding carboxylic acids is 2. The van der Waals surface area contributed by atoms with Crippen LogP contribution in [-0.2, 0) is 19.1 Å². The number of unbranched alkanes of at least 4 members (excludes halogenated alkanes) is 24. The molecule has 0 saturated heterocycles. The van der Waals surface area contributed by atoms with Gasteiger partial charge >= 0.3 is 11.9 Å². The highest BCUT2D eigenvalue weighted by atomic mass is 16.6. The fraction of sp³-hybridized carbons (Fsp3) is 0.634. The molecule has 1 N–H and O–H groups in total. The predicted octanol–water partition coefficient (Wildman–Crippen LogP) is 21.8. The lowest BCUT2D eigenvalue weighted by atomic mass is 10.0. The number of hydrogen-bond donors (Lipinski definition) is 1. The van der Waals surface area contributed by atoms with Gasteiger partial charge < -0.3 is 14.6 Å². The average molecular weight is 1050 g/mol. The second kappa shape index (κ2) is 65.1. The smallest absolute Gasteiger partial charge is 0.306 e. The van der Waals surface area contributed by atoms with E-state index < -0.39 is 6.10 Å². The van der Waals surface area contributed by atoms with E-state index in [1.807, 2.05) is 0 Å². The maximum atomic E-state index is 12.3. The quantitative estimate of drug-likeness (QED) is 0.0373. The Bertz CT molecular complexity index is 1610. The molecular formula is C71H116O5. The monoisotopic (exact) mass is 1050 g/mol. The van der Waals surface area contributed by atoms with E-state index in [9.17, 15) is 14.7 Å². The van der Waals surface area contributed by atoms with Crippen molar-refractivity contribution in [1.29, 1.82) is 0 Å². The third kappa shape index (κ3) is 62.3. The van der Waals surface area contributed by atoms with Crippen LogP contribution in [-0.4, -0.2) is 36.4 Å². The highest BCUT2D eigenvalue weighted by Gasteiger charge is 2.16. The summed E-state index contributed by atoms with van der Waals surface area (Å²) in [5, 5.41) is 9.68. The van der Waals surface area contributed by atoms with E-state index in [0.717, 1.165) is 116 Å². The van der Waals surface area contributed by atoms with Crippen molar-refractivity contribution >= 4 is 11.9 Å². The molecule has 0 radical (unpaired) electrons. The normalized spacial score (nSPS) is 13.2. The molecule has 0 aliphatic rings. The number of allylic oxidation sites excluding steroid dienone is 24. The molecule has 0 aromatic carbocycles. The van der Waals surface area contributed by atoms with Gasteiger partial charge in [-0.1, -0.05) is 288 Å². The SMILES string of the molecule is CC/C=C\C/C=C\C/C=C\C/C=C\C/C=C\C/C=C\C/C=C\C/C=C\CCCCCCCCCCCCCCC(=O)OC(CO)COC(=O)CCCCCCCCCCCCCC/C=C\C/C=C\C/C=C\C/C=C\CC. The second-order valence-electron chi connectivity index (χ2n) is 20.4. The molecule has 0 heterocycles. The van der Waals surface area contributed by atoms with Crippen LogP contribution in [0.25, 0.3) is 0 Å². The summed E-state index contributed by atoms with van der Waals surface area (Å²) < 4.78 is 10.7. The molecule has 0 bridgehead atoms. The van der Waals surface area contributed by atoms with Gasteiger partial charge in [0.15, 0.2) is 6.10 Å². The third-order valence-electron chi connectivity index (χ3n) is 13.1. The summed E-state index contributed by atoms with van der Waals surface area (Å²) in [6.45, 7) is 3.92. The van der Waals surface area contributed by atoms with Gasteiger partial charge in [-0.3, -0.25) is 9.59 Å². The third-order valence-corrected chi connectivity index (χ3v) is 13.1. The molecule has 0 aliphatic heterocycles. The number of ether oxygens (including phenoxy) is 2. The Morgan fingerprint density at radius 1 is 0.303 bits per heavy atom. The standard InChI is InChI=1S/C71H116O5/c1-3-5-7-9-11-13-15-17-19-21-23-25-27-29-30-31-32-33-34-35-36-37-38-39-40-42-44-46-48-50-52-54-56-58-60-62-64-66-71(74)76-69(67-72)68-75-70(73)65-63-61-59-57-55-53-51-49-47-45-43-41-28-26-24-22-20-18-16-14-12-10-8-6-4-2/h5-8,11-14,17-20,23-26,29-30,32-33,35-36,38-39,69,72H,3-4,9-10,15-16,21-22,27-28,31,34,37,40-68H2,1-2H3/b7-5-,8-6-,13-11-,14-12-,19-17-,20-18-,25-23-,26-24-,30-29-,33-32-,36-35-,39-38-. The number of esters is 2. The summed E-state index contributed by atoms with van der Waals surface area (Å²) in [5.41, 5.74) is 0. The van der Waals surface area contributed by atoms with Gasteiger partial charge in [0.25, 0.3) is 0 Å². The summed E-state index contributed by atoms with van der Waals surface area (Å²) in [7, 11) is 0. The van der Waals surface area contributed by atoms with E-state index in [2.05, 4.69) is 160 Å². The number of aliphatic hydroxyl groups is 1. The van der Waals surface area contributed by atoms with E-state index in [1.165, 1.54) is 128 Å². The van der Waals surface area contributed by atoms with Crippen LogP contribution in [0, 0.1) is 0 Å². The number of carbonyl (C=O) groups is 2. The number of rotatable bonds is 56. The fourth-order valence-electron chi connectivity index (χ4n) is 8.50. The summed E-state index contributed by atoms with van der Waals surface area (Å²) in [6.07, 6.45) is 98.3. The van der Waals surface area contributed by atoms with Crippen molar-refractivity contribution in [2.45, 2.75) is 277 Å². The zero-order valence-electron chi connectivity index (χ0n) is 49.2. The van der Waals surface area contributed by atoms with Gasteiger partial charge in [0.05, 0.1) is 6.61 Å². The minimum atomic E-state index is -0.784. The van der Waals surface area contributed by atoms with Crippen LogP contribution in [0.4, 0.5) is 0 Å². The first-order valence-electron chi connectivity index (χ1n) is 31.4. The number of aliphatic hydroxyl groups excluding tert-OH is 1. The molecule has 0 saturated carbocycles. The van der Waals surface area contributed by atoms with Crippen LogP contribution in [0.2, 0.25) is 0 Å². The molecule has 1 atom stereocenters. The van der Waals surface area contributed by atoms with Crippen molar-refractivity contribution in [3.05, 3.63) is 146 Å². The van der Waals surface area contributed by atoms with Crippen LogP contribution >= 0.6 is 0 Å². The molecule has 5 nitrogen and oxygen atoms in total. The van der Waals surface area contributed by atoms with Gasteiger partial charge in [0.2, 0.25) is 0 Å². The van der Waals surface area contributed by atoms with E-state index in [1.54, 1.807) is 0 Å². The molecule has 0 fully saturated rings. The van der Waals surface area contributed by atoms with Gasteiger partial charge in [0.1, 0.15) is 6.61 Å². The topological polar surface area (TPSA) is 72.8 Å². The first-order chi connectivity index (χ1) is 37.6. The van der Waals surface area contributed by atoms with Gasteiger partial charge in [-0.2, -0.15) is 0 Å². The zero-order valence-corrected chi connectivity index (χ0v) is 49.2. The summed E-state index contributed by atoms with van der Waals surface area (Å²) in [4.78, 5) is 24.6.